The van der Waals surface area contributed by atoms with Crippen LogP contribution in [0.1, 0.15) is 13.8 Å². The third-order valence-corrected chi connectivity index (χ3v) is 6.46. The van der Waals surface area contributed by atoms with Crippen molar-refractivity contribution in [3.05, 3.63) is 0 Å². The molecule has 0 aromatic heterocycles. The highest BCUT2D eigenvalue weighted by Crippen LogP contribution is 2.32. The molecule has 0 radical (unpaired) electrons. The standard InChI is InChI=1S/C20H35NO15/c1-5-10(25)13(28)15(30)19(32-5)36-17-14(29)11(26)7(3-22)34-20(17)35-16-9(21-6(2)24)18(31)33-8(4-23)12(16)27/h5,7-20,22-23,25-31H,3-4H2,1-2H3,(H,21,24)/t5-,7-,8-,9-,10+,11+,12-,13+,14+,15-,16-,17-,18-,19-,20+/m1/s1. The third-order valence-electron chi connectivity index (χ3n) is 6.46. The molecule has 0 bridgehead atoms. The molecule has 36 heavy (non-hydrogen) atoms. The lowest BCUT2D eigenvalue weighted by Gasteiger charge is -2.48. The van der Waals surface area contributed by atoms with Gasteiger partial charge < -0.3 is 75.0 Å². The van der Waals surface area contributed by atoms with Crippen LogP contribution >= 0.6 is 0 Å². The molecule has 10 N–H and O–H groups in total. The highest BCUT2D eigenvalue weighted by Gasteiger charge is 2.53. The first kappa shape index (κ1) is 29.5. The molecule has 3 aliphatic heterocycles. The Morgan fingerprint density at radius 2 is 1.31 bits per heavy atom. The second-order valence-corrected chi connectivity index (χ2v) is 9.05. The van der Waals surface area contributed by atoms with Gasteiger partial charge in [0.1, 0.15) is 67.1 Å². The zero-order chi connectivity index (χ0) is 26.9. The van der Waals surface area contributed by atoms with Gasteiger partial charge in [-0.1, -0.05) is 0 Å². The van der Waals surface area contributed by atoms with Crippen LogP contribution in [0.25, 0.3) is 0 Å². The monoisotopic (exact) mass is 529 g/mol. The predicted octanol–water partition coefficient (Wildman–Crippen LogP) is -6.40. The molecule has 0 aliphatic carbocycles. The van der Waals surface area contributed by atoms with Gasteiger partial charge in [-0.15, -0.1) is 0 Å². The molecule has 3 aliphatic rings. The number of aliphatic hydroxyl groups is 9. The Kier molecular flexibility index (Phi) is 9.97. The van der Waals surface area contributed by atoms with Crippen LogP contribution in [0.4, 0.5) is 0 Å². The van der Waals surface area contributed by atoms with Crippen molar-refractivity contribution >= 4 is 5.91 Å². The summed E-state index contributed by atoms with van der Waals surface area (Å²) in [5.41, 5.74) is 0. The van der Waals surface area contributed by atoms with Crippen LogP contribution in [0.5, 0.6) is 0 Å². The first-order valence-electron chi connectivity index (χ1n) is 11.4. The fourth-order valence-electron chi connectivity index (χ4n) is 4.38. The zero-order valence-electron chi connectivity index (χ0n) is 19.5. The Hall–Kier alpha value is -1.09. The van der Waals surface area contributed by atoms with Crippen molar-refractivity contribution in [2.45, 2.75) is 106 Å². The van der Waals surface area contributed by atoms with Crippen molar-refractivity contribution in [1.29, 1.82) is 0 Å². The highest BCUT2D eigenvalue weighted by atomic mass is 16.8. The minimum Gasteiger partial charge on any atom is -0.394 e. The topological polar surface area (TPSA) is 257 Å². The Balaban J connectivity index is 1.89. The average Bonchev–Trinajstić information content (AvgIpc) is 2.83. The Labute approximate surface area is 205 Å². The van der Waals surface area contributed by atoms with E-state index in [0.29, 0.717) is 0 Å². The molecule has 0 unspecified atom stereocenters. The van der Waals surface area contributed by atoms with Crippen LogP contribution in [0, 0.1) is 0 Å². The second-order valence-electron chi connectivity index (χ2n) is 9.05. The van der Waals surface area contributed by atoms with E-state index >= 15 is 0 Å². The van der Waals surface area contributed by atoms with Crippen LogP contribution in [0.3, 0.4) is 0 Å². The molecule has 15 atom stereocenters. The molecule has 16 nitrogen and oxygen atoms in total. The van der Waals surface area contributed by atoms with E-state index in [1.165, 1.54) is 6.92 Å². The van der Waals surface area contributed by atoms with E-state index in [-0.39, 0.29) is 0 Å². The van der Waals surface area contributed by atoms with Gasteiger partial charge in [0.2, 0.25) is 5.91 Å². The molecule has 3 rings (SSSR count). The summed E-state index contributed by atoms with van der Waals surface area (Å²) in [7, 11) is 0. The van der Waals surface area contributed by atoms with Crippen LogP contribution in [-0.2, 0) is 28.5 Å². The lowest BCUT2D eigenvalue weighted by molar-refractivity contribution is -0.380. The molecule has 3 saturated heterocycles. The summed E-state index contributed by atoms with van der Waals surface area (Å²) in [6, 6.07) is -1.39. The van der Waals surface area contributed by atoms with Crippen molar-refractivity contribution in [3.8, 4) is 0 Å². The molecule has 3 heterocycles. The maximum atomic E-state index is 11.7. The lowest BCUT2D eigenvalue weighted by Crippen LogP contribution is -2.68. The third kappa shape index (κ3) is 5.97. The number of carbonyl (C=O) groups is 1. The van der Waals surface area contributed by atoms with E-state index in [9.17, 15) is 50.8 Å². The maximum absolute atomic E-state index is 11.7. The molecular formula is C20H35NO15. The smallest absolute Gasteiger partial charge is 0.217 e. The van der Waals surface area contributed by atoms with Crippen LogP contribution in [0.2, 0.25) is 0 Å². The molecule has 210 valence electrons. The quantitative estimate of drug-likeness (QED) is 0.147. The summed E-state index contributed by atoms with van der Waals surface area (Å²) >= 11 is 0. The van der Waals surface area contributed by atoms with Crippen molar-refractivity contribution in [1.82, 2.24) is 5.32 Å². The summed E-state index contributed by atoms with van der Waals surface area (Å²) in [6.07, 6.45) is -22.2. The number of aliphatic hydroxyl groups excluding tert-OH is 9. The number of hydrogen-bond acceptors (Lipinski definition) is 15. The molecule has 0 aromatic rings. The van der Waals surface area contributed by atoms with E-state index in [4.69, 9.17) is 23.7 Å². The molecule has 1 amide bonds. The van der Waals surface area contributed by atoms with Gasteiger partial charge in [0.25, 0.3) is 0 Å². The van der Waals surface area contributed by atoms with Crippen molar-refractivity contribution in [2.75, 3.05) is 13.2 Å². The fourth-order valence-corrected chi connectivity index (χ4v) is 4.38. The Bertz CT molecular complexity index is 731. The summed E-state index contributed by atoms with van der Waals surface area (Å²) in [5, 5.41) is 93.8. The van der Waals surface area contributed by atoms with Gasteiger partial charge in [-0.2, -0.15) is 0 Å². The number of amides is 1. The number of ether oxygens (including phenoxy) is 5. The van der Waals surface area contributed by atoms with Gasteiger partial charge in [0.15, 0.2) is 18.9 Å². The number of hydrogen-bond donors (Lipinski definition) is 10. The molecular weight excluding hydrogens is 494 g/mol. The van der Waals surface area contributed by atoms with Gasteiger partial charge in [0.05, 0.1) is 19.3 Å². The van der Waals surface area contributed by atoms with Crippen LogP contribution < -0.4 is 5.32 Å². The zero-order valence-corrected chi connectivity index (χ0v) is 19.5. The van der Waals surface area contributed by atoms with Crippen molar-refractivity contribution < 1.29 is 74.4 Å². The maximum Gasteiger partial charge on any atom is 0.217 e. The minimum absolute atomic E-state index is 0.632. The van der Waals surface area contributed by atoms with Gasteiger partial charge >= 0.3 is 0 Å². The average molecular weight is 529 g/mol. The van der Waals surface area contributed by atoms with Gasteiger partial charge in [-0.3, -0.25) is 4.79 Å². The first-order valence-corrected chi connectivity index (χ1v) is 11.4. The molecule has 0 spiro atoms. The van der Waals surface area contributed by atoms with Gasteiger partial charge in [-0.25, -0.2) is 0 Å². The van der Waals surface area contributed by atoms with Crippen LogP contribution in [0.15, 0.2) is 0 Å². The summed E-state index contributed by atoms with van der Waals surface area (Å²) in [4.78, 5) is 11.7. The Morgan fingerprint density at radius 3 is 1.89 bits per heavy atom. The van der Waals surface area contributed by atoms with E-state index in [0.717, 1.165) is 6.92 Å². The van der Waals surface area contributed by atoms with E-state index in [1.54, 1.807) is 0 Å². The molecule has 16 heteroatoms. The SMILES string of the molecule is CC(=O)N[C@@H]1[C@@H](O[C@@H]2O[C@H](CO)[C@H](O)[C@H](O)[C@H]2O[C@H]2O[C@H](C)[C@H](O)[C@H](O)[C@H]2O)[C@H](O)[C@@H](CO)O[C@H]1O. The first-order chi connectivity index (χ1) is 16.9. The fraction of sp³-hybridized carbons (Fsp3) is 0.950. The molecule has 3 fully saturated rings. The van der Waals surface area contributed by atoms with Crippen molar-refractivity contribution in [2.24, 2.45) is 0 Å². The van der Waals surface area contributed by atoms with E-state index in [1.807, 2.05) is 0 Å². The van der Waals surface area contributed by atoms with Gasteiger partial charge in [-0.05, 0) is 6.92 Å². The number of nitrogens with one attached hydrogen (secondary N) is 1. The summed E-state index contributed by atoms with van der Waals surface area (Å²) in [6.45, 7) is 1.00. The molecule has 0 saturated carbocycles. The highest BCUT2D eigenvalue weighted by molar-refractivity contribution is 5.73. The van der Waals surface area contributed by atoms with Crippen molar-refractivity contribution in [3.63, 3.8) is 0 Å². The molecule has 0 aromatic carbocycles. The predicted molar refractivity (Wildman–Crippen MR) is 111 cm³/mol. The minimum atomic E-state index is -1.83. The van der Waals surface area contributed by atoms with E-state index in [2.05, 4.69) is 5.32 Å². The van der Waals surface area contributed by atoms with Crippen LogP contribution in [-0.4, -0.2) is 157 Å². The van der Waals surface area contributed by atoms with Gasteiger partial charge in [0, 0.05) is 6.92 Å². The summed E-state index contributed by atoms with van der Waals surface area (Å²) < 4.78 is 27.4. The Morgan fingerprint density at radius 1 is 0.722 bits per heavy atom. The second kappa shape index (κ2) is 12.2. The number of carbonyl (C=O) groups excluding carboxylic acids is 1. The normalized spacial score (nSPS) is 50.0. The summed E-state index contributed by atoms with van der Waals surface area (Å²) in [5.74, 6) is -0.632. The number of rotatable bonds is 7. The van der Waals surface area contributed by atoms with E-state index < -0.39 is 111 Å². The largest absolute Gasteiger partial charge is 0.394 e. The lowest BCUT2D eigenvalue weighted by atomic mass is 9.95.